The highest BCUT2D eigenvalue weighted by Gasteiger charge is 2.48. The van der Waals surface area contributed by atoms with Crippen LogP contribution in [0.1, 0.15) is 12.8 Å². The summed E-state index contributed by atoms with van der Waals surface area (Å²) in [5, 5.41) is 166. The molecule has 1 unspecified atom stereocenters. The lowest BCUT2D eigenvalue weighted by Crippen LogP contribution is -2.60. The van der Waals surface area contributed by atoms with Crippen LogP contribution in [-0.4, -0.2) is 287 Å². The number of carbonyl (C=O) groups is 2. The molecular weight excluding hydrogens is 878 g/mol. The smallest absolute Gasteiger partial charge is 0.237 e. The summed E-state index contributed by atoms with van der Waals surface area (Å²) in [6.07, 6.45) is -34.5. The fourth-order valence-corrected chi connectivity index (χ4v) is 6.95. The van der Waals surface area contributed by atoms with Crippen molar-refractivity contribution in [1.82, 2.24) is 10.6 Å². The molecule has 0 spiro atoms. The Morgan fingerprint density at radius 2 is 0.703 bits per heavy atom. The minimum Gasteiger partial charge on any atom is -0.394 e. The van der Waals surface area contributed by atoms with E-state index in [4.69, 9.17) is 43.6 Å². The third kappa shape index (κ3) is 13.8. The van der Waals surface area contributed by atoms with E-state index in [9.17, 15) is 91.3 Å². The lowest BCUT2D eigenvalue weighted by atomic mass is 9.99. The van der Waals surface area contributed by atoms with Crippen molar-refractivity contribution < 1.29 is 129 Å². The summed E-state index contributed by atoms with van der Waals surface area (Å²) in [6, 6.07) is -4.02. The SMILES string of the molecule is NC(CCC(=O)NC(CO[C@@H]1O[C@H](CO)[C@@H](O)[C@H](O)[C@H]1O)CO[C@@H]1O[C@H](CO)[C@@H](O)[C@H](O)[C@H]1O)C(=O)NC(CO[C@@H]1O[C@H](CO)[C@@H](O)[C@H](O)[C@H]1O)CO[C@@H]1O[C@H](CO)[C@@H](O)[C@H](O)[C@H]1O. The number of rotatable bonds is 22. The monoisotopic (exact) mass is 941 g/mol. The van der Waals surface area contributed by atoms with Crippen molar-refractivity contribution in [3.63, 3.8) is 0 Å². The summed E-state index contributed by atoms with van der Waals surface area (Å²) < 4.78 is 43.4. The zero-order valence-corrected chi connectivity index (χ0v) is 34.2. The van der Waals surface area contributed by atoms with E-state index in [1.54, 1.807) is 0 Å². The fourth-order valence-electron chi connectivity index (χ4n) is 6.95. The minimum absolute atomic E-state index is 0.376. The van der Waals surface area contributed by atoms with Gasteiger partial charge in [0, 0.05) is 6.42 Å². The van der Waals surface area contributed by atoms with Gasteiger partial charge in [-0.05, 0) is 6.42 Å². The number of carbonyl (C=O) groups excluding carboxylic acids is 2. The summed E-state index contributed by atoms with van der Waals surface area (Å²) in [4.78, 5) is 26.6. The van der Waals surface area contributed by atoms with Crippen molar-refractivity contribution in [3.8, 4) is 0 Å². The average Bonchev–Trinajstić information content (AvgIpc) is 3.28. The van der Waals surface area contributed by atoms with E-state index in [1.807, 2.05) is 0 Å². The maximum absolute atomic E-state index is 13.3. The largest absolute Gasteiger partial charge is 0.394 e. The van der Waals surface area contributed by atoms with Gasteiger partial charge in [-0.2, -0.15) is 0 Å². The molecule has 4 fully saturated rings. The molecule has 4 heterocycles. The Labute approximate surface area is 364 Å². The van der Waals surface area contributed by atoms with Crippen LogP contribution in [0.3, 0.4) is 0 Å². The van der Waals surface area contributed by atoms with Gasteiger partial charge in [0.25, 0.3) is 0 Å². The standard InChI is InChI=1S/C35H63N3O26/c36-13(31(56)38-12(9-59-34-29(54)25(50)21(46)16(5-41)63-34)10-60-35-30(55)26(51)22(47)17(6-42)64-35)1-2-18(43)37-11(7-57-32-27(52)23(48)19(44)14(3-39)61-32)8-58-33-28(53)24(49)20(45)15(4-40)62-33/h11-17,19-30,32-35,39-42,44-55H,1-10,36H2,(H,37,43)(H,38,56)/t13?,14-,15-,16-,17-,19-,20-,21-,22-,23+,24+,25+,26+,27-,28-,29-,30-,32-,33-,34-,35-/m1/s1. The van der Waals surface area contributed by atoms with Crippen LogP contribution < -0.4 is 16.4 Å². The van der Waals surface area contributed by atoms with Gasteiger partial charge in [-0.1, -0.05) is 0 Å². The first kappa shape index (κ1) is 54.5. The molecule has 0 radical (unpaired) electrons. The summed E-state index contributed by atoms with van der Waals surface area (Å²) in [5.74, 6) is -1.75. The highest BCUT2D eigenvalue weighted by Crippen LogP contribution is 2.26. The Bertz CT molecular complexity index is 1330. The maximum atomic E-state index is 13.3. The van der Waals surface area contributed by atoms with Gasteiger partial charge in [0.1, 0.15) is 97.7 Å². The summed E-state index contributed by atoms with van der Waals surface area (Å²) in [6.45, 7) is -5.57. The molecule has 20 N–H and O–H groups in total. The van der Waals surface area contributed by atoms with E-state index in [0.29, 0.717) is 0 Å². The lowest BCUT2D eigenvalue weighted by molar-refractivity contribution is -0.309. The van der Waals surface area contributed by atoms with Crippen molar-refractivity contribution in [2.75, 3.05) is 52.9 Å². The number of hydrogen-bond donors (Lipinski definition) is 19. The van der Waals surface area contributed by atoms with Gasteiger partial charge in [0.2, 0.25) is 11.8 Å². The van der Waals surface area contributed by atoms with Crippen molar-refractivity contribution in [1.29, 1.82) is 0 Å². The number of amides is 2. The van der Waals surface area contributed by atoms with Crippen LogP contribution >= 0.6 is 0 Å². The molecule has 29 nitrogen and oxygen atoms in total. The van der Waals surface area contributed by atoms with Crippen molar-refractivity contribution in [2.24, 2.45) is 5.73 Å². The van der Waals surface area contributed by atoms with Gasteiger partial charge in [-0.3, -0.25) is 9.59 Å². The zero-order chi connectivity index (χ0) is 47.6. The second-order valence-corrected chi connectivity index (χ2v) is 15.7. The van der Waals surface area contributed by atoms with E-state index in [0.717, 1.165) is 0 Å². The van der Waals surface area contributed by atoms with Crippen LogP contribution in [0.15, 0.2) is 0 Å². The van der Waals surface area contributed by atoms with E-state index in [2.05, 4.69) is 10.6 Å². The number of hydrogen-bond acceptors (Lipinski definition) is 27. The molecule has 0 aromatic rings. The summed E-state index contributed by atoms with van der Waals surface area (Å²) in [7, 11) is 0. The van der Waals surface area contributed by atoms with Crippen molar-refractivity contribution >= 4 is 11.8 Å². The number of aliphatic hydroxyl groups excluding tert-OH is 16. The minimum atomic E-state index is -1.85. The Hall–Kier alpha value is -2.06. The molecule has 4 saturated heterocycles. The van der Waals surface area contributed by atoms with E-state index in [-0.39, 0.29) is 6.42 Å². The number of nitrogens with one attached hydrogen (secondary N) is 2. The predicted molar refractivity (Wildman–Crippen MR) is 200 cm³/mol. The molecule has 374 valence electrons. The van der Waals surface area contributed by atoms with Crippen LogP contribution in [0, 0.1) is 0 Å². The van der Waals surface area contributed by atoms with Gasteiger partial charge in [-0.15, -0.1) is 0 Å². The topological polar surface area (TPSA) is 482 Å². The van der Waals surface area contributed by atoms with Crippen molar-refractivity contribution in [3.05, 3.63) is 0 Å². The van der Waals surface area contributed by atoms with Crippen LogP contribution in [0.25, 0.3) is 0 Å². The van der Waals surface area contributed by atoms with Crippen molar-refractivity contribution in [2.45, 2.75) is 154 Å². The Morgan fingerprint density at radius 3 is 0.969 bits per heavy atom. The van der Waals surface area contributed by atoms with E-state index < -0.39 is 212 Å². The number of ether oxygens (including phenoxy) is 8. The second kappa shape index (κ2) is 25.3. The molecule has 4 aliphatic heterocycles. The Kier molecular flexibility index (Phi) is 21.6. The molecule has 0 aliphatic carbocycles. The highest BCUT2D eigenvalue weighted by atomic mass is 16.7. The Morgan fingerprint density at radius 1 is 0.438 bits per heavy atom. The first-order chi connectivity index (χ1) is 30.3. The molecule has 0 saturated carbocycles. The summed E-state index contributed by atoms with van der Waals surface area (Å²) in [5.41, 5.74) is 6.10. The zero-order valence-electron chi connectivity index (χ0n) is 34.2. The molecule has 29 heteroatoms. The van der Waals surface area contributed by atoms with Gasteiger partial charge in [0.05, 0.1) is 71.0 Å². The molecule has 21 atom stereocenters. The summed E-state index contributed by atoms with van der Waals surface area (Å²) >= 11 is 0. The predicted octanol–water partition coefficient (Wildman–Crippen LogP) is -12.7. The number of nitrogens with two attached hydrogens (primary N) is 1. The first-order valence-corrected chi connectivity index (χ1v) is 20.3. The van der Waals surface area contributed by atoms with E-state index >= 15 is 0 Å². The third-order valence-corrected chi connectivity index (χ3v) is 11.0. The van der Waals surface area contributed by atoms with Gasteiger partial charge < -0.3 is 136 Å². The molecule has 0 aromatic heterocycles. The molecule has 64 heavy (non-hydrogen) atoms. The van der Waals surface area contributed by atoms with Crippen LogP contribution in [-0.2, 0) is 47.5 Å². The fraction of sp³-hybridized carbons (Fsp3) is 0.943. The van der Waals surface area contributed by atoms with Crippen LogP contribution in [0.2, 0.25) is 0 Å². The molecule has 0 aromatic carbocycles. The normalized spacial score (nSPS) is 41.2. The molecule has 2 amide bonds. The molecular formula is C35H63N3O26. The van der Waals surface area contributed by atoms with Gasteiger partial charge in [-0.25, -0.2) is 0 Å². The highest BCUT2D eigenvalue weighted by molar-refractivity contribution is 5.83. The lowest BCUT2D eigenvalue weighted by Gasteiger charge is -2.41. The quantitative estimate of drug-likeness (QED) is 0.0479. The van der Waals surface area contributed by atoms with Crippen LogP contribution in [0.5, 0.6) is 0 Å². The second-order valence-electron chi connectivity index (χ2n) is 15.7. The average molecular weight is 942 g/mol. The van der Waals surface area contributed by atoms with E-state index in [1.165, 1.54) is 0 Å². The van der Waals surface area contributed by atoms with Gasteiger partial charge >= 0.3 is 0 Å². The molecule has 4 rings (SSSR count). The Balaban J connectivity index is 1.40. The van der Waals surface area contributed by atoms with Gasteiger partial charge in [0.15, 0.2) is 25.2 Å². The molecule has 0 bridgehead atoms. The molecule has 4 aliphatic rings. The number of aliphatic hydroxyl groups is 16. The third-order valence-electron chi connectivity index (χ3n) is 11.0. The van der Waals surface area contributed by atoms with Crippen LogP contribution in [0.4, 0.5) is 0 Å². The first-order valence-electron chi connectivity index (χ1n) is 20.3. The maximum Gasteiger partial charge on any atom is 0.237 e.